The molecule has 2 aromatic rings. The molecule has 1 saturated heterocycles. The van der Waals surface area contributed by atoms with Crippen molar-refractivity contribution in [1.29, 1.82) is 5.26 Å². The Morgan fingerprint density at radius 3 is 2.47 bits per heavy atom. The van der Waals surface area contributed by atoms with Crippen LogP contribution in [0.4, 0.5) is 4.79 Å². The van der Waals surface area contributed by atoms with Gasteiger partial charge in [0.15, 0.2) is 10.1 Å². The molecule has 0 aromatic heterocycles. The van der Waals surface area contributed by atoms with E-state index in [0.717, 1.165) is 11.1 Å². The van der Waals surface area contributed by atoms with Gasteiger partial charge in [0.25, 0.3) is 0 Å². The molecule has 1 amide bonds. The zero-order valence-electron chi connectivity index (χ0n) is 16.2. The fourth-order valence-corrected chi connectivity index (χ4v) is 4.95. The number of amides is 1. The normalized spacial score (nSPS) is 24.8. The number of likely N-dealkylation sites (tertiary alicyclic amines) is 1. The minimum atomic E-state index is -1.43. The summed E-state index contributed by atoms with van der Waals surface area (Å²) in [5, 5.41) is 9.08. The third kappa shape index (κ3) is 3.55. The van der Waals surface area contributed by atoms with Crippen molar-refractivity contribution in [3.8, 4) is 6.07 Å². The largest absolute Gasteiger partial charge is 0.445 e. The molecule has 4 rings (SSSR count). The highest BCUT2D eigenvalue weighted by molar-refractivity contribution is 6.61. The molecule has 2 unspecified atom stereocenters. The molecule has 2 atom stereocenters. The first-order valence-electron chi connectivity index (χ1n) is 9.75. The highest BCUT2D eigenvalue weighted by Crippen LogP contribution is 2.62. The number of ketones is 1. The first-order valence-corrected chi connectivity index (χ1v) is 10.5. The Morgan fingerprint density at radius 2 is 1.87 bits per heavy atom. The number of Topliss-reactive ketones (excluding diaryl/α,β-unsaturated/α-hetero) is 1. The molecule has 30 heavy (non-hydrogen) atoms. The van der Waals surface area contributed by atoms with E-state index in [1.165, 1.54) is 0 Å². The fraction of sp³-hybridized carbons (Fsp3) is 0.348. The number of rotatable bonds is 3. The number of ether oxygens (including phenoxy) is 1. The quantitative estimate of drug-likeness (QED) is 0.614. The lowest BCUT2D eigenvalue weighted by molar-refractivity contribution is -0.139. The van der Waals surface area contributed by atoms with E-state index >= 15 is 0 Å². The van der Waals surface area contributed by atoms with Crippen LogP contribution in [0.3, 0.4) is 0 Å². The lowest BCUT2D eigenvalue weighted by Crippen LogP contribution is -2.62. The topological polar surface area (TPSA) is 70.4 Å². The zero-order valence-corrected chi connectivity index (χ0v) is 17.7. The van der Waals surface area contributed by atoms with Crippen LogP contribution in [-0.2, 0) is 16.1 Å². The van der Waals surface area contributed by atoms with Crippen molar-refractivity contribution in [1.82, 2.24) is 4.90 Å². The molecule has 154 valence electrons. The van der Waals surface area contributed by atoms with Crippen LogP contribution in [0.15, 0.2) is 54.6 Å². The van der Waals surface area contributed by atoms with Gasteiger partial charge in [-0.05, 0) is 36.1 Å². The summed E-state index contributed by atoms with van der Waals surface area (Å²) < 4.78 is 4.13. The van der Waals surface area contributed by atoms with E-state index in [-0.39, 0.29) is 18.4 Å². The van der Waals surface area contributed by atoms with Crippen LogP contribution in [0.2, 0.25) is 0 Å². The first-order chi connectivity index (χ1) is 14.4. The Labute approximate surface area is 185 Å². The first kappa shape index (κ1) is 20.7. The summed E-state index contributed by atoms with van der Waals surface area (Å²) in [5.74, 6) is -0.176. The monoisotopic (exact) mass is 442 g/mol. The van der Waals surface area contributed by atoms with E-state index in [1.54, 1.807) is 17.0 Å². The number of hydrogen-bond donors (Lipinski definition) is 0. The smallest absolute Gasteiger partial charge is 0.410 e. The molecule has 7 heteroatoms. The Morgan fingerprint density at radius 1 is 1.17 bits per heavy atom. The Hall–Kier alpha value is -2.55. The summed E-state index contributed by atoms with van der Waals surface area (Å²) in [5.41, 5.74) is 1.72. The van der Waals surface area contributed by atoms with Gasteiger partial charge in [-0.2, -0.15) is 5.26 Å². The van der Waals surface area contributed by atoms with Crippen LogP contribution in [-0.4, -0.2) is 27.7 Å². The van der Waals surface area contributed by atoms with Gasteiger partial charge in [-0.1, -0.05) is 65.7 Å². The molecule has 2 aromatic carbocycles. The third-order valence-corrected chi connectivity index (χ3v) is 7.39. The van der Waals surface area contributed by atoms with E-state index in [1.807, 2.05) is 42.5 Å². The van der Waals surface area contributed by atoms with Crippen molar-refractivity contribution in [2.45, 2.75) is 36.2 Å². The highest BCUT2D eigenvalue weighted by Gasteiger charge is 2.66. The number of carbonyl (C=O) groups is 2. The summed E-state index contributed by atoms with van der Waals surface area (Å²) in [6.07, 6.45) is 0.861. The maximum atomic E-state index is 12.9. The fourth-order valence-electron chi connectivity index (χ4n) is 4.34. The molecule has 0 bridgehead atoms. The zero-order chi connectivity index (χ0) is 21.4. The van der Waals surface area contributed by atoms with Gasteiger partial charge >= 0.3 is 6.09 Å². The molecular formula is C23H20Cl2N2O3. The third-order valence-electron chi connectivity index (χ3n) is 6.17. The molecule has 2 aliphatic rings. The second-order valence-electron chi connectivity index (χ2n) is 7.89. The molecule has 1 saturated carbocycles. The van der Waals surface area contributed by atoms with E-state index in [0.29, 0.717) is 31.4 Å². The summed E-state index contributed by atoms with van der Waals surface area (Å²) in [6.45, 7) is 0.557. The SMILES string of the molecule is N#Cc1ccc(C2CC3(CCN2C(=O)OCc2ccccc2)CC(=O)C3(Cl)Cl)cc1. The Bertz CT molecular complexity index is 1000. The summed E-state index contributed by atoms with van der Waals surface area (Å²) in [7, 11) is 0. The molecule has 1 aliphatic carbocycles. The van der Waals surface area contributed by atoms with Gasteiger partial charge in [0.2, 0.25) is 0 Å². The molecule has 0 N–H and O–H groups in total. The second kappa shape index (κ2) is 7.94. The molecule has 0 radical (unpaired) electrons. The molecule has 1 aliphatic heterocycles. The van der Waals surface area contributed by atoms with Gasteiger partial charge in [-0.3, -0.25) is 4.79 Å². The number of piperidine rings is 1. The number of alkyl halides is 2. The number of nitriles is 1. The van der Waals surface area contributed by atoms with Crippen molar-refractivity contribution in [3.63, 3.8) is 0 Å². The average Bonchev–Trinajstić information content (AvgIpc) is 2.78. The van der Waals surface area contributed by atoms with Crippen molar-refractivity contribution < 1.29 is 14.3 Å². The summed E-state index contributed by atoms with van der Waals surface area (Å²) >= 11 is 12.8. The molecule has 1 heterocycles. The molecule has 1 spiro atoms. The van der Waals surface area contributed by atoms with Crippen LogP contribution in [0.1, 0.15) is 42.0 Å². The average molecular weight is 443 g/mol. The summed E-state index contributed by atoms with van der Waals surface area (Å²) in [6, 6.07) is 18.3. The number of halogens is 2. The lowest BCUT2D eigenvalue weighted by Gasteiger charge is -2.56. The van der Waals surface area contributed by atoms with E-state index in [2.05, 4.69) is 6.07 Å². The molecule has 5 nitrogen and oxygen atoms in total. The lowest BCUT2D eigenvalue weighted by atomic mass is 9.59. The predicted octanol–water partition coefficient (Wildman–Crippen LogP) is 5.17. The van der Waals surface area contributed by atoms with Crippen molar-refractivity contribution in [2.24, 2.45) is 5.41 Å². The van der Waals surface area contributed by atoms with Gasteiger partial charge in [-0.25, -0.2) is 4.79 Å². The Balaban J connectivity index is 1.57. The van der Waals surface area contributed by atoms with Crippen LogP contribution in [0, 0.1) is 16.7 Å². The van der Waals surface area contributed by atoms with Gasteiger partial charge < -0.3 is 9.64 Å². The molecular weight excluding hydrogens is 423 g/mol. The van der Waals surface area contributed by atoms with E-state index in [9.17, 15) is 9.59 Å². The predicted molar refractivity (Wildman–Crippen MR) is 113 cm³/mol. The van der Waals surface area contributed by atoms with Crippen molar-refractivity contribution >= 4 is 35.1 Å². The second-order valence-corrected chi connectivity index (χ2v) is 9.22. The van der Waals surface area contributed by atoms with E-state index in [4.69, 9.17) is 33.2 Å². The minimum Gasteiger partial charge on any atom is -0.445 e. The Kier molecular flexibility index (Phi) is 5.48. The highest BCUT2D eigenvalue weighted by atomic mass is 35.5. The van der Waals surface area contributed by atoms with Gasteiger partial charge in [0.05, 0.1) is 17.7 Å². The van der Waals surface area contributed by atoms with Gasteiger partial charge in [-0.15, -0.1) is 0 Å². The molecule has 2 fully saturated rings. The van der Waals surface area contributed by atoms with Crippen LogP contribution < -0.4 is 0 Å². The van der Waals surface area contributed by atoms with Crippen LogP contribution >= 0.6 is 23.2 Å². The van der Waals surface area contributed by atoms with E-state index < -0.39 is 15.8 Å². The standard InChI is InChI=1S/C23H20Cl2N2O3/c24-23(25)20(28)13-22(23)10-11-27(21(29)30-15-17-4-2-1-3-5-17)19(12-22)18-8-6-16(14-26)7-9-18/h1-9,19H,10-13,15H2. The number of hydrogen-bond acceptors (Lipinski definition) is 4. The van der Waals surface area contributed by atoms with Crippen molar-refractivity contribution in [3.05, 3.63) is 71.3 Å². The number of benzene rings is 2. The van der Waals surface area contributed by atoms with Crippen LogP contribution in [0.25, 0.3) is 0 Å². The van der Waals surface area contributed by atoms with Crippen LogP contribution in [0.5, 0.6) is 0 Å². The number of nitrogens with zero attached hydrogens (tertiary/aromatic N) is 2. The van der Waals surface area contributed by atoms with Gasteiger partial charge in [0.1, 0.15) is 6.61 Å². The van der Waals surface area contributed by atoms with Gasteiger partial charge in [0, 0.05) is 18.4 Å². The van der Waals surface area contributed by atoms with Crippen molar-refractivity contribution in [2.75, 3.05) is 6.54 Å². The minimum absolute atomic E-state index is 0.175. The maximum absolute atomic E-state index is 12.9. The maximum Gasteiger partial charge on any atom is 0.410 e. The summed E-state index contributed by atoms with van der Waals surface area (Å²) in [4.78, 5) is 26.6. The number of carbonyl (C=O) groups excluding carboxylic acids is 2.